The fourth-order valence-electron chi connectivity index (χ4n) is 5.34. The Morgan fingerprint density at radius 1 is 0.912 bits per heavy atom. The van der Waals surface area contributed by atoms with E-state index in [9.17, 15) is 4.79 Å². The molecule has 0 saturated carbocycles. The predicted molar refractivity (Wildman–Crippen MR) is 127 cm³/mol. The lowest BCUT2D eigenvalue weighted by Gasteiger charge is -2.44. The van der Waals surface area contributed by atoms with Crippen molar-refractivity contribution in [2.75, 3.05) is 4.90 Å². The van der Waals surface area contributed by atoms with Crippen molar-refractivity contribution < 1.29 is 13.9 Å². The molecule has 0 unspecified atom stereocenters. The van der Waals surface area contributed by atoms with E-state index in [0.717, 1.165) is 28.1 Å². The molecule has 1 spiro atoms. The highest BCUT2D eigenvalue weighted by molar-refractivity contribution is 6.08. The van der Waals surface area contributed by atoms with E-state index in [1.807, 2.05) is 101 Å². The molecule has 1 amide bonds. The maximum Gasteiger partial charge on any atom is 0.306 e. The number of amides is 1. The third kappa shape index (κ3) is 2.56. The Balaban J connectivity index is 1.42. The van der Waals surface area contributed by atoms with Crippen molar-refractivity contribution in [3.05, 3.63) is 120 Å². The summed E-state index contributed by atoms with van der Waals surface area (Å²) < 4.78 is 12.3. The van der Waals surface area contributed by atoms with Crippen LogP contribution in [-0.4, -0.2) is 16.6 Å². The zero-order valence-electron chi connectivity index (χ0n) is 18.3. The molecule has 4 aromatic rings. The first kappa shape index (κ1) is 19.2. The summed E-state index contributed by atoms with van der Waals surface area (Å²) in [4.78, 5) is 16.2. The molecule has 2 atom stereocenters. The molecule has 0 N–H and O–H groups in total. The van der Waals surface area contributed by atoms with E-state index in [1.54, 1.807) is 6.26 Å². The summed E-state index contributed by atoms with van der Waals surface area (Å²) in [6.07, 6.45) is 2.27. The zero-order valence-corrected chi connectivity index (χ0v) is 18.3. The first-order chi connectivity index (χ1) is 16.8. The number of hydrogen-bond acceptors (Lipinski definition) is 5. The van der Waals surface area contributed by atoms with E-state index < -0.39 is 5.72 Å². The number of carbonyl (C=O) groups excluding carboxylic acids is 1. The highest BCUT2D eigenvalue weighted by Gasteiger charge is 2.63. The molecule has 34 heavy (non-hydrogen) atoms. The van der Waals surface area contributed by atoms with Crippen molar-refractivity contribution >= 4 is 17.3 Å². The molecule has 0 saturated heterocycles. The SMILES string of the molecule is O=C1N(Cc2ccccc2)c2ccccc2[C@@]12Oc1ccccc1[C@@H]1CC(c3ccco3)=NN12. The molecule has 0 bridgehead atoms. The Labute approximate surface area is 196 Å². The van der Waals surface area contributed by atoms with Gasteiger partial charge in [0.2, 0.25) is 0 Å². The Morgan fingerprint density at radius 3 is 2.56 bits per heavy atom. The summed E-state index contributed by atoms with van der Waals surface area (Å²) in [5.74, 6) is 1.28. The van der Waals surface area contributed by atoms with Gasteiger partial charge in [-0.15, -0.1) is 0 Å². The van der Waals surface area contributed by atoms with Crippen LogP contribution in [0.25, 0.3) is 0 Å². The van der Waals surface area contributed by atoms with E-state index in [0.29, 0.717) is 24.5 Å². The van der Waals surface area contributed by atoms with Gasteiger partial charge in [0.25, 0.3) is 5.91 Å². The quantitative estimate of drug-likeness (QED) is 0.432. The van der Waals surface area contributed by atoms with Crippen molar-refractivity contribution in [2.45, 2.75) is 24.7 Å². The summed E-state index contributed by atoms with van der Waals surface area (Å²) >= 11 is 0. The number of fused-ring (bicyclic) bond motifs is 6. The molecule has 0 fully saturated rings. The molecule has 1 aromatic heterocycles. The van der Waals surface area contributed by atoms with Gasteiger partial charge < -0.3 is 14.1 Å². The van der Waals surface area contributed by atoms with Crippen LogP contribution in [0.5, 0.6) is 5.75 Å². The van der Waals surface area contributed by atoms with Crippen LogP contribution in [-0.2, 0) is 17.1 Å². The smallest absolute Gasteiger partial charge is 0.306 e. The van der Waals surface area contributed by atoms with Gasteiger partial charge in [-0.05, 0) is 29.8 Å². The van der Waals surface area contributed by atoms with E-state index in [-0.39, 0.29) is 11.9 Å². The molecular formula is C28H21N3O3. The lowest BCUT2D eigenvalue weighted by atomic mass is 9.93. The van der Waals surface area contributed by atoms with Crippen molar-refractivity contribution in [2.24, 2.45) is 5.10 Å². The second kappa shape index (κ2) is 7.09. The van der Waals surface area contributed by atoms with Gasteiger partial charge in [-0.2, -0.15) is 5.10 Å². The van der Waals surface area contributed by atoms with Gasteiger partial charge in [-0.3, -0.25) is 4.79 Å². The van der Waals surface area contributed by atoms with Crippen molar-refractivity contribution in [3.8, 4) is 5.75 Å². The summed E-state index contributed by atoms with van der Waals surface area (Å²) in [5.41, 5.74) is 3.15. The maximum absolute atomic E-state index is 14.4. The van der Waals surface area contributed by atoms with Gasteiger partial charge in [-0.1, -0.05) is 66.7 Å². The molecule has 6 heteroatoms. The highest BCUT2D eigenvalue weighted by atomic mass is 16.5. The minimum Gasteiger partial charge on any atom is -0.463 e. The summed E-state index contributed by atoms with van der Waals surface area (Å²) in [6, 6.07) is 29.4. The zero-order chi connectivity index (χ0) is 22.7. The van der Waals surface area contributed by atoms with Crippen LogP contribution in [0.4, 0.5) is 5.69 Å². The van der Waals surface area contributed by atoms with Gasteiger partial charge in [0.15, 0.2) is 0 Å². The minimum atomic E-state index is -1.38. The molecule has 7 rings (SSSR count). The van der Waals surface area contributed by atoms with Crippen LogP contribution in [0, 0.1) is 0 Å². The van der Waals surface area contributed by atoms with E-state index in [2.05, 4.69) is 0 Å². The molecule has 4 heterocycles. The van der Waals surface area contributed by atoms with Gasteiger partial charge in [-0.25, -0.2) is 5.01 Å². The number of hydrogen-bond donors (Lipinski definition) is 0. The van der Waals surface area contributed by atoms with Gasteiger partial charge >= 0.3 is 5.72 Å². The molecule has 6 nitrogen and oxygen atoms in total. The second-order valence-electron chi connectivity index (χ2n) is 8.77. The van der Waals surface area contributed by atoms with Gasteiger partial charge in [0, 0.05) is 12.0 Å². The monoisotopic (exact) mass is 447 g/mol. The highest BCUT2D eigenvalue weighted by Crippen LogP contribution is 2.55. The van der Waals surface area contributed by atoms with Gasteiger partial charge in [0.1, 0.15) is 17.2 Å². The van der Waals surface area contributed by atoms with Crippen molar-refractivity contribution in [1.82, 2.24) is 5.01 Å². The number of hydrazone groups is 1. The second-order valence-corrected chi connectivity index (χ2v) is 8.77. The molecule has 166 valence electrons. The third-order valence-electron chi connectivity index (χ3n) is 6.85. The molecule has 3 aromatic carbocycles. The number of nitrogens with zero attached hydrogens (tertiary/aromatic N) is 3. The van der Waals surface area contributed by atoms with Gasteiger partial charge in [0.05, 0.1) is 30.1 Å². The number of benzene rings is 3. The van der Waals surface area contributed by atoms with Crippen LogP contribution >= 0.6 is 0 Å². The van der Waals surface area contributed by atoms with Crippen LogP contribution in [0.2, 0.25) is 0 Å². The fourth-order valence-corrected chi connectivity index (χ4v) is 5.34. The maximum atomic E-state index is 14.4. The first-order valence-electron chi connectivity index (χ1n) is 11.4. The number of rotatable bonds is 3. The minimum absolute atomic E-state index is 0.137. The largest absolute Gasteiger partial charge is 0.463 e. The molecule has 3 aliphatic heterocycles. The van der Waals surface area contributed by atoms with Crippen molar-refractivity contribution in [1.29, 1.82) is 0 Å². The Hall–Kier alpha value is -4.32. The van der Waals surface area contributed by atoms with Crippen molar-refractivity contribution in [3.63, 3.8) is 0 Å². The topological polar surface area (TPSA) is 58.3 Å². The number of furan rings is 1. The van der Waals surface area contributed by atoms with Crippen LogP contribution in [0.15, 0.2) is 107 Å². The van der Waals surface area contributed by atoms with Crippen LogP contribution in [0.3, 0.4) is 0 Å². The van der Waals surface area contributed by atoms with E-state index >= 15 is 0 Å². The summed E-state index contributed by atoms with van der Waals surface area (Å²) in [5, 5.41) is 6.82. The fraction of sp³-hybridized carbons (Fsp3) is 0.143. The lowest BCUT2D eigenvalue weighted by Crippen LogP contribution is -2.57. The third-order valence-corrected chi connectivity index (χ3v) is 6.85. The Kier molecular flexibility index (Phi) is 4.00. The normalized spacial score (nSPS) is 22.3. The molecule has 0 aliphatic carbocycles. The lowest BCUT2D eigenvalue weighted by molar-refractivity contribution is -0.164. The van der Waals surface area contributed by atoms with Crippen LogP contribution in [0.1, 0.15) is 34.9 Å². The number of carbonyl (C=O) groups is 1. The average Bonchev–Trinajstić information content (AvgIpc) is 3.61. The standard InChI is InChI=1S/C28H21N3O3/c32-27-28(21-12-5-6-13-23(21)30(27)18-19-9-2-1-3-10-19)31-24(20-11-4-7-14-25(20)34-28)17-22(29-31)26-15-8-16-33-26/h1-16,24H,17-18H2/t24-,28+/m0/s1. The Bertz CT molecular complexity index is 1430. The molecule has 3 aliphatic rings. The first-order valence-corrected chi connectivity index (χ1v) is 11.4. The van der Waals surface area contributed by atoms with Crippen LogP contribution < -0.4 is 9.64 Å². The molecule has 0 radical (unpaired) electrons. The van der Waals surface area contributed by atoms with E-state index in [1.165, 1.54) is 0 Å². The predicted octanol–water partition coefficient (Wildman–Crippen LogP) is 5.22. The Morgan fingerprint density at radius 2 is 1.71 bits per heavy atom. The average molecular weight is 447 g/mol. The number of para-hydroxylation sites is 2. The summed E-state index contributed by atoms with van der Waals surface area (Å²) in [6.45, 7) is 0.455. The number of ether oxygens (including phenoxy) is 1. The summed E-state index contributed by atoms with van der Waals surface area (Å²) in [7, 11) is 0. The van der Waals surface area contributed by atoms with E-state index in [4.69, 9.17) is 14.3 Å². The number of anilines is 1. The molecular weight excluding hydrogens is 426 g/mol.